The SMILES string of the molecule is Cc1ccc(C(C2=CCC=C2)N(C)C)cc1. The largest absolute Gasteiger partial charge is 0.299 e. The number of allylic oxidation sites excluding steroid dienone is 2. The molecule has 1 aromatic carbocycles. The van der Waals surface area contributed by atoms with Gasteiger partial charge in [-0.2, -0.15) is 0 Å². The number of hydrogen-bond donors (Lipinski definition) is 0. The zero-order chi connectivity index (χ0) is 11.5. The minimum Gasteiger partial charge on any atom is -0.299 e. The highest BCUT2D eigenvalue weighted by molar-refractivity contribution is 5.38. The zero-order valence-electron chi connectivity index (χ0n) is 10.3. The minimum absolute atomic E-state index is 0.388. The molecular weight excluding hydrogens is 194 g/mol. The standard InChI is InChI=1S/C15H19N/c1-12-8-10-14(11-9-12)15(16(2)3)13-6-4-5-7-13/h4,6-11,15H,5H2,1-3H3. The molecule has 16 heavy (non-hydrogen) atoms. The van der Waals surface area contributed by atoms with E-state index in [0.717, 1.165) is 6.42 Å². The van der Waals surface area contributed by atoms with Crippen LogP contribution in [-0.4, -0.2) is 19.0 Å². The van der Waals surface area contributed by atoms with E-state index in [1.54, 1.807) is 0 Å². The second-order valence-electron chi connectivity index (χ2n) is 4.62. The molecule has 2 rings (SSSR count). The van der Waals surface area contributed by atoms with E-state index >= 15 is 0 Å². The van der Waals surface area contributed by atoms with Crippen molar-refractivity contribution >= 4 is 0 Å². The molecule has 1 aliphatic carbocycles. The first-order chi connectivity index (χ1) is 7.68. The summed E-state index contributed by atoms with van der Waals surface area (Å²) in [4.78, 5) is 2.27. The minimum atomic E-state index is 0.388. The fourth-order valence-corrected chi connectivity index (χ4v) is 2.22. The maximum Gasteiger partial charge on any atom is 0.0593 e. The first-order valence-corrected chi connectivity index (χ1v) is 5.78. The Morgan fingerprint density at radius 2 is 1.81 bits per heavy atom. The van der Waals surface area contributed by atoms with Gasteiger partial charge in [0, 0.05) is 0 Å². The van der Waals surface area contributed by atoms with E-state index in [-0.39, 0.29) is 0 Å². The Kier molecular flexibility index (Phi) is 3.25. The summed E-state index contributed by atoms with van der Waals surface area (Å²) in [7, 11) is 4.27. The number of rotatable bonds is 3. The van der Waals surface area contributed by atoms with Crippen LogP contribution in [0.4, 0.5) is 0 Å². The third-order valence-corrected chi connectivity index (χ3v) is 3.03. The fraction of sp³-hybridized carbons (Fsp3) is 0.333. The Morgan fingerprint density at radius 3 is 2.31 bits per heavy atom. The van der Waals surface area contributed by atoms with Gasteiger partial charge in [-0.1, -0.05) is 48.1 Å². The van der Waals surface area contributed by atoms with E-state index in [0.29, 0.717) is 6.04 Å². The number of aryl methyl sites for hydroxylation is 1. The first-order valence-electron chi connectivity index (χ1n) is 5.78. The number of nitrogens with zero attached hydrogens (tertiary/aromatic N) is 1. The van der Waals surface area contributed by atoms with E-state index in [1.807, 2.05) is 0 Å². The van der Waals surface area contributed by atoms with E-state index < -0.39 is 0 Å². The van der Waals surface area contributed by atoms with Crippen LogP contribution < -0.4 is 0 Å². The molecule has 0 N–H and O–H groups in total. The fourth-order valence-electron chi connectivity index (χ4n) is 2.22. The molecule has 0 aliphatic heterocycles. The molecule has 1 atom stereocenters. The first kappa shape index (κ1) is 11.2. The van der Waals surface area contributed by atoms with E-state index in [2.05, 4.69) is 68.4 Å². The quantitative estimate of drug-likeness (QED) is 0.743. The topological polar surface area (TPSA) is 3.24 Å². The average molecular weight is 213 g/mol. The maximum atomic E-state index is 2.31. The molecule has 0 fully saturated rings. The van der Waals surface area contributed by atoms with Crippen molar-refractivity contribution in [2.45, 2.75) is 19.4 Å². The zero-order valence-corrected chi connectivity index (χ0v) is 10.3. The van der Waals surface area contributed by atoms with Gasteiger partial charge in [-0.3, -0.25) is 4.90 Å². The lowest BCUT2D eigenvalue weighted by Gasteiger charge is -2.25. The molecule has 1 aliphatic rings. The van der Waals surface area contributed by atoms with E-state index in [1.165, 1.54) is 16.7 Å². The van der Waals surface area contributed by atoms with Crippen LogP contribution in [0.3, 0.4) is 0 Å². The van der Waals surface area contributed by atoms with Crippen molar-refractivity contribution in [1.29, 1.82) is 0 Å². The molecule has 0 bridgehead atoms. The summed E-state index contributed by atoms with van der Waals surface area (Å²) in [5.74, 6) is 0. The summed E-state index contributed by atoms with van der Waals surface area (Å²) in [6.07, 6.45) is 7.85. The highest BCUT2D eigenvalue weighted by Crippen LogP contribution is 2.30. The molecule has 0 heterocycles. The Morgan fingerprint density at radius 1 is 1.12 bits per heavy atom. The highest BCUT2D eigenvalue weighted by Gasteiger charge is 2.18. The van der Waals surface area contributed by atoms with Crippen LogP contribution in [0.5, 0.6) is 0 Å². The lowest BCUT2D eigenvalue weighted by Crippen LogP contribution is -2.21. The summed E-state index contributed by atoms with van der Waals surface area (Å²) < 4.78 is 0. The van der Waals surface area contributed by atoms with Crippen molar-refractivity contribution < 1.29 is 0 Å². The number of likely N-dealkylation sites (N-methyl/N-ethyl adjacent to an activating group) is 1. The van der Waals surface area contributed by atoms with Crippen molar-refractivity contribution in [3.05, 3.63) is 59.2 Å². The van der Waals surface area contributed by atoms with Gasteiger partial charge in [0.25, 0.3) is 0 Å². The number of hydrogen-bond acceptors (Lipinski definition) is 1. The molecule has 1 nitrogen and oxygen atoms in total. The predicted molar refractivity (Wildman–Crippen MR) is 69.4 cm³/mol. The van der Waals surface area contributed by atoms with Gasteiger partial charge in [0.2, 0.25) is 0 Å². The summed E-state index contributed by atoms with van der Waals surface area (Å²) in [6.45, 7) is 2.13. The average Bonchev–Trinajstić information content (AvgIpc) is 2.74. The van der Waals surface area contributed by atoms with Crippen molar-refractivity contribution in [1.82, 2.24) is 4.90 Å². The van der Waals surface area contributed by atoms with E-state index in [4.69, 9.17) is 0 Å². The van der Waals surface area contributed by atoms with Gasteiger partial charge >= 0.3 is 0 Å². The van der Waals surface area contributed by atoms with Crippen LogP contribution in [0.25, 0.3) is 0 Å². The third-order valence-electron chi connectivity index (χ3n) is 3.03. The summed E-state index contributed by atoms with van der Waals surface area (Å²) in [5, 5.41) is 0. The van der Waals surface area contributed by atoms with Crippen LogP contribution in [0.1, 0.15) is 23.6 Å². The summed E-state index contributed by atoms with van der Waals surface area (Å²) in [5.41, 5.74) is 4.10. The van der Waals surface area contributed by atoms with Crippen molar-refractivity contribution in [3.63, 3.8) is 0 Å². The molecule has 0 saturated carbocycles. The molecule has 1 aromatic rings. The Bertz CT molecular complexity index is 410. The lowest BCUT2D eigenvalue weighted by molar-refractivity contribution is 0.342. The van der Waals surface area contributed by atoms with Gasteiger partial charge in [0.15, 0.2) is 0 Å². The second kappa shape index (κ2) is 4.67. The smallest absolute Gasteiger partial charge is 0.0593 e. The van der Waals surface area contributed by atoms with Gasteiger partial charge in [0.05, 0.1) is 6.04 Å². The molecule has 1 heteroatoms. The molecule has 0 saturated heterocycles. The van der Waals surface area contributed by atoms with Crippen molar-refractivity contribution in [2.75, 3.05) is 14.1 Å². The maximum absolute atomic E-state index is 2.31. The van der Waals surface area contributed by atoms with Gasteiger partial charge in [-0.15, -0.1) is 0 Å². The van der Waals surface area contributed by atoms with Crippen molar-refractivity contribution in [2.24, 2.45) is 0 Å². The predicted octanol–water partition coefficient (Wildman–Crippen LogP) is 3.48. The monoisotopic (exact) mass is 213 g/mol. The molecule has 1 unspecified atom stereocenters. The van der Waals surface area contributed by atoms with Crippen LogP contribution in [0, 0.1) is 6.92 Å². The highest BCUT2D eigenvalue weighted by atomic mass is 15.1. The Balaban J connectivity index is 2.32. The van der Waals surface area contributed by atoms with Crippen LogP contribution in [0.2, 0.25) is 0 Å². The van der Waals surface area contributed by atoms with Crippen LogP contribution in [0.15, 0.2) is 48.1 Å². The third kappa shape index (κ3) is 2.25. The van der Waals surface area contributed by atoms with E-state index in [9.17, 15) is 0 Å². The molecule has 0 radical (unpaired) electrons. The summed E-state index contributed by atoms with van der Waals surface area (Å²) >= 11 is 0. The van der Waals surface area contributed by atoms with Crippen LogP contribution >= 0.6 is 0 Å². The molecule has 0 spiro atoms. The molecule has 0 aromatic heterocycles. The normalized spacial score (nSPS) is 16.6. The molecule has 84 valence electrons. The molecule has 0 amide bonds. The van der Waals surface area contributed by atoms with Crippen molar-refractivity contribution in [3.8, 4) is 0 Å². The Hall–Kier alpha value is -1.34. The number of benzene rings is 1. The Labute approximate surface area is 98.1 Å². The van der Waals surface area contributed by atoms with Gasteiger partial charge < -0.3 is 0 Å². The van der Waals surface area contributed by atoms with Crippen LogP contribution in [-0.2, 0) is 0 Å². The summed E-state index contributed by atoms with van der Waals surface area (Å²) in [6, 6.07) is 9.22. The second-order valence-corrected chi connectivity index (χ2v) is 4.62. The molecular formula is C15H19N. The van der Waals surface area contributed by atoms with Gasteiger partial charge in [-0.25, -0.2) is 0 Å². The lowest BCUT2D eigenvalue weighted by atomic mass is 9.97. The van der Waals surface area contributed by atoms with Gasteiger partial charge in [0.1, 0.15) is 0 Å². The van der Waals surface area contributed by atoms with Gasteiger partial charge in [-0.05, 0) is 38.6 Å².